The van der Waals surface area contributed by atoms with Crippen molar-refractivity contribution in [3.8, 4) is 0 Å². The maximum absolute atomic E-state index is 11.9. The average molecular weight is 382 g/mol. The maximum atomic E-state index is 11.9. The SMILES string of the molecule is C=CCn1c(SCC(=O)NC(=O)NCCOC)nnc1C1CCCCC1. The predicted molar refractivity (Wildman–Crippen MR) is 100 cm³/mol. The molecule has 0 aliphatic heterocycles. The molecule has 0 bridgehead atoms. The Hall–Kier alpha value is -1.87. The largest absolute Gasteiger partial charge is 0.383 e. The van der Waals surface area contributed by atoms with Crippen molar-refractivity contribution >= 4 is 23.7 Å². The summed E-state index contributed by atoms with van der Waals surface area (Å²) in [4.78, 5) is 23.5. The van der Waals surface area contributed by atoms with E-state index in [2.05, 4.69) is 27.4 Å². The van der Waals surface area contributed by atoms with Crippen LogP contribution < -0.4 is 10.6 Å². The molecule has 0 unspecified atom stereocenters. The molecule has 1 heterocycles. The lowest BCUT2D eigenvalue weighted by molar-refractivity contribution is -0.117. The number of rotatable bonds is 9. The molecule has 8 nitrogen and oxygen atoms in total. The smallest absolute Gasteiger partial charge is 0.321 e. The lowest BCUT2D eigenvalue weighted by Crippen LogP contribution is -2.41. The Morgan fingerprint density at radius 1 is 1.35 bits per heavy atom. The molecule has 1 aliphatic carbocycles. The Morgan fingerprint density at radius 3 is 2.81 bits per heavy atom. The molecule has 3 amide bonds. The predicted octanol–water partition coefficient (Wildman–Crippen LogP) is 2.08. The maximum Gasteiger partial charge on any atom is 0.321 e. The molecule has 1 aromatic heterocycles. The lowest BCUT2D eigenvalue weighted by atomic mass is 9.89. The van der Waals surface area contributed by atoms with Crippen molar-refractivity contribution < 1.29 is 14.3 Å². The summed E-state index contributed by atoms with van der Waals surface area (Å²) in [6.07, 6.45) is 7.77. The van der Waals surface area contributed by atoms with Gasteiger partial charge < -0.3 is 14.6 Å². The second-order valence-corrected chi connectivity index (χ2v) is 7.10. The van der Waals surface area contributed by atoms with Gasteiger partial charge in [-0.05, 0) is 12.8 Å². The Morgan fingerprint density at radius 2 is 2.12 bits per heavy atom. The molecule has 0 aromatic carbocycles. The van der Waals surface area contributed by atoms with Crippen LogP contribution in [0.25, 0.3) is 0 Å². The summed E-state index contributed by atoms with van der Waals surface area (Å²) in [5, 5.41) is 14.1. The number of allylic oxidation sites excluding steroid dienone is 1. The number of imide groups is 1. The highest BCUT2D eigenvalue weighted by Crippen LogP contribution is 2.33. The van der Waals surface area contributed by atoms with E-state index >= 15 is 0 Å². The molecule has 1 saturated carbocycles. The second-order valence-electron chi connectivity index (χ2n) is 6.16. The van der Waals surface area contributed by atoms with Crippen LogP contribution in [-0.4, -0.2) is 52.7 Å². The third-order valence-electron chi connectivity index (χ3n) is 4.20. The summed E-state index contributed by atoms with van der Waals surface area (Å²) in [5.41, 5.74) is 0. The average Bonchev–Trinajstić information content (AvgIpc) is 3.04. The van der Waals surface area contributed by atoms with Gasteiger partial charge in [0.2, 0.25) is 5.91 Å². The molecule has 1 aliphatic rings. The van der Waals surface area contributed by atoms with E-state index in [0.717, 1.165) is 18.7 Å². The molecule has 2 N–H and O–H groups in total. The zero-order chi connectivity index (χ0) is 18.8. The van der Waals surface area contributed by atoms with E-state index in [1.807, 2.05) is 10.6 Å². The fraction of sp³-hybridized carbons (Fsp3) is 0.647. The van der Waals surface area contributed by atoms with Gasteiger partial charge in [0.25, 0.3) is 0 Å². The Bertz CT molecular complexity index is 614. The fourth-order valence-electron chi connectivity index (χ4n) is 2.97. The van der Waals surface area contributed by atoms with Crippen LogP contribution in [0.5, 0.6) is 0 Å². The molecular formula is C17H27N5O3S. The number of hydrogen-bond donors (Lipinski definition) is 2. The number of nitrogens with zero attached hydrogens (tertiary/aromatic N) is 3. The number of thioether (sulfide) groups is 1. The summed E-state index contributed by atoms with van der Waals surface area (Å²) < 4.78 is 6.86. The Balaban J connectivity index is 1.90. The number of nitrogens with one attached hydrogen (secondary N) is 2. The first-order valence-corrected chi connectivity index (χ1v) is 9.87. The molecular weight excluding hydrogens is 354 g/mol. The number of hydrogen-bond acceptors (Lipinski definition) is 6. The van der Waals surface area contributed by atoms with Crippen LogP contribution in [0, 0.1) is 0 Å². The van der Waals surface area contributed by atoms with Crippen LogP contribution in [0.4, 0.5) is 4.79 Å². The molecule has 0 atom stereocenters. The highest BCUT2D eigenvalue weighted by molar-refractivity contribution is 7.99. The molecule has 2 rings (SSSR count). The van der Waals surface area contributed by atoms with E-state index in [-0.39, 0.29) is 11.7 Å². The normalized spacial score (nSPS) is 14.8. The lowest BCUT2D eigenvalue weighted by Gasteiger charge is -2.21. The van der Waals surface area contributed by atoms with Crippen molar-refractivity contribution in [2.24, 2.45) is 0 Å². The molecule has 0 radical (unpaired) electrons. The summed E-state index contributed by atoms with van der Waals surface area (Å²) in [5.74, 6) is 1.12. The van der Waals surface area contributed by atoms with Crippen molar-refractivity contribution in [3.05, 3.63) is 18.5 Å². The minimum Gasteiger partial charge on any atom is -0.383 e. The monoisotopic (exact) mass is 381 g/mol. The topological polar surface area (TPSA) is 98.1 Å². The van der Waals surface area contributed by atoms with Gasteiger partial charge in [0.1, 0.15) is 5.82 Å². The molecule has 9 heteroatoms. The Labute approximate surface area is 158 Å². The van der Waals surface area contributed by atoms with Crippen LogP contribution in [0.2, 0.25) is 0 Å². The van der Waals surface area contributed by atoms with E-state index in [9.17, 15) is 9.59 Å². The third-order valence-corrected chi connectivity index (χ3v) is 5.17. The van der Waals surface area contributed by atoms with Crippen molar-refractivity contribution in [1.82, 2.24) is 25.4 Å². The fourth-order valence-corrected chi connectivity index (χ4v) is 3.73. The second kappa shape index (κ2) is 11.0. The van der Waals surface area contributed by atoms with Gasteiger partial charge >= 0.3 is 6.03 Å². The van der Waals surface area contributed by atoms with Crippen molar-refractivity contribution in [2.75, 3.05) is 26.0 Å². The number of methoxy groups -OCH3 is 1. The minimum absolute atomic E-state index is 0.0949. The first-order chi connectivity index (χ1) is 12.7. The van der Waals surface area contributed by atoms with Crippen LogP contribution in [-0.2, 0) is 16.1 Å². The van der Waals surface area contributed by atoms with Crippen LogP contribution in [0.3, 0.4) is 0 Å². The number of amides is 3. The highest BCUT2D eigenvalue weighted by Gasteiger charge is 2.23. The van der Waals surface area contributed by atoms with Gasteiger partial charge in [0.15, 0.2) is 5.16 Å². The summed E-state index contributed by atoms with van der Waals surface area (Å²) in [6, 6.07) is -0.525. The zero-order valence-corrected chi connectivity index (χ0v) is 16.0. The van der Waals surface area contributed by atoms with E-state index < -0.39 is 6.03 Å². The van der Waals surface area contributed by atoms with Crippen molar-refractivity contribution in [3.63, 3.8) is 0 Å². The number of aromatic nitrogens is 3. The zero-order valence-electron chi connectivity index (χ0n) is 15.2. The summed E-state index contributed by atoms with van der Waals surface area (Å²) in [6.45, 7) is 5.16. The van der Waals surface area contributed by atoms with Gasteiger partial charge in [-0.1, -0.05) is 37.1 Å². The summed E-state index contributed by atoms with van der Waals surface area (Å²) in [7, 11) is 1.54. The van der Waals surface area contributed by atoms with Gasteiger partial charge in [0, 0.05) is 26.1 Å². The van der Waals surface area contributed by atoms with E-state index in [0.29, 0.717) is 30.8 Å². The van der Waals surface area contributed by atoms with Gasteiger partial charge in [-0.15, -0.1) is 16.8 Å². The molecule has 0 spiro atoms. The molecule has 144 valence electrons. The van der Waals surface area contributed by atoms with Crippen LogP contribution in [0.15, 0.2) is 17.8 Å². The van der Waals surface area contributed by atoms with E-state index in [1.54, 1.807) is 7.11 Å². The van der Waals surface area contributed by atoms with Crippen LogP contribution in [0.1, 0.15) is 43.8 Å². The number of ether oxygens (including phenoxy) is 1. The van der Waals surface area contributed by atoms with E-state index in [1.165, 1.54) is 31.0 Å². The minimum atomic E-state index is -0.525. The number of carbonyl (C=O) groups excluding carboxylic acids is 2. The van der Waals surface area contributed by atoms with Gasteiger partial charge in [-0.3, -0.25) is 10.1 Å². The molecule has 1 fully saturated rings. The van der Waals surface area contributed by atoms with Gasteiger partial charge in [-0.2, -0.15) is 0 Å². The summed E-state index contributed by atoms with van der Waals surface area (Å²) >= 11 is 1.28. The molecule has 0 saturated heterocycles. The van der Waals surface area contributed by atoms with Crippen LogP contribution >= 0.6 is 11.8 Å². The number of carbonyl (C=O) groups is 2. The molecule has 1 aromatic rings. The quantitative estimate of drug-likeness (QED) is 0.386. The van der Waals surface area contributed by atoms with E-state index in [4.69, 9.17) is 4.74 Å². The van der Waals surface area contributed by atoms with Crippen molar-refractivity contribution in [2.45, 2.75) is 49.7 Å². The van der Waals surface area contributed by atoms with Crippen molar-refractivity contribution in [1.29, 1.82) is 0 Å². The standard InChI is InChI=1S/C17H27N5O3S/c1-3-10-22-15(13-7-5-4-6-8-13)20-21-17(22)26-12-14(23)19-16(24)18-9-11-25-2/h3,13H,1,4-12H2,2H3,(H2,18,19,23,24). The third kappa shape index (κ3) is 6.14. The molecule has 26 heavy (non-hydrogen) atoms. The Kier molecular flexibility index (Phi) is 8.63. The first-order valence-electron chi connectivity index (χ1n) is 8.89. The first kappa shape index (κ1) is 20.4. The highest BCUT2D eigenvalue weighted by atomic mass is 32.2. The van der Waals surface area contributed by atoms with Gasteiger partial charge in [0.05, 0.1) is 12.4 Å². The van der Waals surface area contributed by atoms with Gasteiger partial charge in [-0.25, -0.2) is 4.79 Å². The number of urea groups is 1.